The van der Waals surface area contributed by atoms with Gasteiger partial charge in [-0.3, -0.25) is 15.0 Å². The number of aliphatic hydroxyl groups is 2. The number of rotatable bonds is 17. The van der Waals surface area contributed by atoms with Gasteiger partial charge in [0.15, 0.2) is 0 Å². The molecule has 61 heavy (non-hydrogen) atoms. The standard InChI is InChI=1S/C37H38N12O7S.2C2H4/c1-24-22-29(40-34-42-32(38-27-8-4-2-5-9-27)44-36(45-34)48(18-20-50)19-21-51)16-14-25(24)12-13-26-15-17-30(23-31(26)57(54,55)56)41-35-43-33(46-37(47-35)49(52)53)39-28-10-6-3-7-11-28;2*1-2/h2-17,22-23,50-53H,18-21H2,1H3,(H,54,55,56)(H2,38,40,42,44,45)(H2,39,41,43,46,47);2*1-2H2/b13-12+;;. The summed E-state index contributed by atoms with van der Waals surface area (Å²) in [4.78, 5) is 26.9. The zero-order valence-corrected chi connectivity index (χ0v) is 33.9. The summed E-state index contributed by atoms with van der Waals surface area (Å²) in [6, 6.07) is 27.8. The molecule has 0 radical (unpaired) electrons. The molecule has 0 spiro atoms. The summed E-state index contributed by atoms with van der Waals surface area (Å²) in [7, 11) is -4.73. The molecule has 6 aromatic rings. The molecule has 0 atom stereocenters. The zero-order chi connectivity index (χ0) is 44.4. The predicted octanol–water partition coefficient (Wildman–Crippen LogP) is 6.74. The summed E-state index contributed by atoms with van der Waals surface area (Å²) in [5, 5.41) is 50.2. The van der Waals surface area contributed by atoms with Crippen LogP contribution in [0.4, 0.5) is 58.4 Å². The monoisotopic (exact) mass is 850 g/mol. The Morgan fingerprint density at radius 2 is 0.984 bits per heavy atom. The smallest absolute Gasteiger partial charge is 0.295 e. The number of aryl methyl sites for hydroxylation is 1. The van der Waals surface area contributed by atoms with Crippen molar-refractivity contribution in [3.8, 4) is 0 Å². The van der Waals surface area contributed by atoms with Crippen LogP contribution >= 0.6 is 0 Å². The van der Waals surface area contributed by atoms with E-state index >= 15 is 0 Å². The summed E-state index contributed by atoms with van der Waals surface area (Å²) in [5.74, 6) is -0.0421. The molecule has 2 aromatic heterocycles. The van der Waals surface area contributed by atoms with Crippen molar-refractivity contribution in [3.63, 3.8) is 0 Å². The lowest BCUT2D eigenvalue weighted by Crippen LogP contribution is -2.31. The Labute approximate surface area is 352 Å². The maximum absolute atomic E-state index is 12.5. The molecule has 0 aliphatic heterocycles. The maximum Gasteiger partial charge on any atom is 0.295 e. The number of hydrogen-bond donors (Lipinski definition) is 9. The lowest BCUT2D eigenvalue weighted by Gasteiger charge is -2.21. The van der Waals surface area contributed by atoms with Crippen molar-refractivity contribution in [2.75, 3.05) is 57.7 Å². The second-order valence-electron chi connectivity index (χ2n) is 12.2. The van der Waals surface area contributed by atoms with Gasteiger partial charge in [0.1, 0.15) is 4.90 Å². The van der Waals surface area contributed by atoms with E-state index in [1.54, 1.807) is 47.4 Å². The number of para-hydroxylation sites is 2. The molecular formula is C41H46N12O7S. The number of nitrogens with zero attached hydrogens (tertiary/aromatic N) is 8. The second-order valence-corrected chi connectivity index (χ2v) is 13.5. The summed E-state index contributed by atoms with van der Waals surface area (Å²) in [6.07, 6.45) is 3.23. The maximum atomic E-state index is 12.5. The SMILES string of the molecule is C=C.C=C.Cc1cc(Nc2nc(Nc3ccccc3)nc(N(CCO)CCO)n2)ccc1/C=C/c1ccc(Nc2nc(Nc3ccccc3)nc(N(O)O)n2)cc1S(=O)(=O)O. The first-order valence-electron chi connectivity index (χ1n) is 18.2. The first-order chi connectivity index (χ1) is 29.5. The van der Waals surface area contributed by atoms with Crippen molar-refractivity contribution in [1.29, 1.82) is 0 Å². The molecule has 0 aliphatic carbocycles. The van der Waals surface area contributed by atoms with Gasteiger partial charge >= 0.3 is 0 Å². The summed E-state index contributed by atoms with van der Waals surface area (Å²) >= 11 is 0. The lowest BCUT2D eigenvalue weighted by molar-refractivity contribution is 0.0242. The Morgan fingerprint density at radius 3 is 1.41 bits per heavy atom. The minimum absolute atomic E-state index is 0.0430. The highest BCUT2D eigenvalue weighted by Crippen LogP contribution is 2.27. The number of aliphatic hydroxyl groups excluding tert-OH is 2. The molecule has 9 N–H and O–H groups in total. The molecule has 0 saturated carbocycles. The Hall–Kier alpha value is -7.33. The van der Waals surface area contributed by atoms with Crippen LogP contribution in [0.1, 0.15) is 16.7 Å². The van der Waals surface area contributed by atoms with Gasteiger partial charge in [-0.2, -0.15) is 38.3 Å². The van der Waals surface area contributed by atoms with Crippen molar-refractivity contribution in [2.45, 2.75) is 11.8 Å². The minimum atomic E-state index is -4.73. The average Bonchev–Trinajstić information content (AvgIpc) is 3.25. The quantitative estimate of drug-likeness (QED) is 0.0199. The Morgan fingerprint density at radius 1 is 0.574 bits per heavy atom. The summed E-state index contributed by atoms with van der Waals surface area (Å²) in [5.41, 5.74) is 3.86. The van der Waals surface area contributed by atoms with Gasteiger partial charge < -0.3 is 36.4 Å². The van der Waals surface area contributed by atoms with Gasteiger partial charge in [0.2, 0.25) is 29.7 Å². The van der Waals surface area contributed by atoms with Crippen molar-refractivity contribution < 1.29 is 33.6 Å². The van der Waals surface area contributed by atoms with E-state index in [1.807, 2.05) is 49.4 Å². The number of aromatic nitrogens is 6. The van der Waals surface area contributed by atoms with E-state index in [4.69, 9.17) is 0 Å². The highest BCUT2D eigenvalue weighted by molar-refractivity contribution is 7.86. The van der Waals surface area contributed by atoms with Crippen molar-refractivity contribution in [1.82, 2.24) is 29.9 Å². The van der Waals surface area contributed by atoms with Crippen LogP contribution in [0.25, 0.3) is 12.2 Å². The third-order valence-electron chi connectivity index (χ3n) is 8.02. The number of benzene rings is 4. The van der Waals surface area contributed by atoms with E-state index in [0.717, 1.165) is 16.8 Å². The van der Waals surface area contributed by atoms with Crippen LogP contribution in [0.15, 0.2) is 128 Å². The number of nitrogens with one attached hydrogen (secondary N) is 4. The fourth-order valence-corrected chi connectivity index (χ4v) is 6.10. The highest BCUT2D eigenvalue weighted by atomic mass is 32.2. The van der Waals surface area contributed by atoms with Crippen LogP contribution in [0, 0.1) is 6.92 Å². The van der Waals surface area contributed by atoms with Gasteiger partial charge in [0.05, 0.1) is 13.2 Å². The van der Waals surface area contributed by atoms with Crippen molar-refractivity contribution in [3.05, 3.63) is 140 Å². The second kappa shape index (κ2) is 22.7. The fraction of sp³-hybridized carbons (Fsp3) is 0.122. The molecule has 0 unspecified atom stereocenters. The van der Waals surface area contributed by atoms with Crippen molar-refractivity contribution in [2.24, 2.45) is 0 Å². The molecule has 0 amide bonds. The van der Waals surface area contributed by atoms with Gasteiger partial charge in [0, 0.05) is 35.8 Å². The average molecular weight is 851 g/mol. The molecule has 2 heterocycles. The van der Waals surface area contributed by atoms with Crippen LogP contribution in [-0.2, 0) is 10.1 Å². The van der Waals surface area contributed by atoms with Crippen LogP contribution in [-0.4, -0.2) is 89.8 Å². The molecule has 6 rings (SSSR count). The molecule has 0 aliphatic rings. The van der Waals surface area contributed by atoms with E-state index in [1.165, 1.54) is 24.3 Å². The van der Waals surface area contributed by atoms with E-state index in [9.17, 15) is 33.6 Å². The first kappa shape index (κ1) is 46.4. The largest absolute Gasteiger partial charge is 0.395 e. The lowest BCUT2D eigenvalue weighted by atomic mass is 10.1. The van der Waals surface area contributed by atoms with Gasteiger partial charge in [-0.25, -0.2) is 0 Å². The third kappa shape index (κ3) is 13.6. The molecule has 0 bridgehead atoms. The third-order valence-corrected chi connectivity index (χ3v) is 8.93. The van der Waals surface area contributed by atoms with Crippen LogP contribution in [0.3, 0.4) is 0 Å². The Kier molecular flexibility index (Phi) is 17.3. The van der Waals surface area contributed by atoms with Crippen LogP contribution < -0.4 is 31.4 Å². The summed E-state index contributed by atoms with van der Waals surface area (Å²) in [6.45, 7) is 13.9. The minimum Gasteiger partial charge on any atom is -0.395 e. The summed E-state index contributed by atoms with van der Waals surface area (Å²) < 4.78 is 35.2. The molecule has 318 valence electrons. The van der Waals surface area contributed by atoms with Gasteiger partial charge in [-0.05, 0) is 72.1 Å². The topological polar surface area (TPSA) is 267 Å². The Balaban J connectivity index is 0.00000199. The van der Waals surface area contributed by atoms with Gasteiger partial charge in [-0.1, -0.05) is 65.9 Å². The van der Waals surface area contributed by atoms with E-state index < -0.39 is 21.0 Å². The fourth-order valence-electron chi connectivity index (χ4n) is 5.39. The van der Waals surface area contributed by atoms with Gasteiger partial charge in [0.25, 0.3) is 16.1 Å². The number of hydrogen-bond acceptors (Lipinski definition) is 18. The highest BCUT2D eigenvalue weighted by Gasteiger charge is 2.18. The predicted molar refractivity (Wildman–Crippen MR) is 237 cm³/mol. The van der Waals surface area contributed by atoms with Crippen LogP contribution in [0.2, 0.25) is 0 Å². The molecule has 0 saturated heterocycles. The molecule has 0 fully saturated rings. The zero-order valence-electron chi connectivity index (χ0n) is 33.1. The van der Waals surface area contributed by atoms with E-state index in [0.29, 0.717) is 11.4 Å². The van der Waals surface area contributed by atoms with Crippen molar-refractivity contribution >= 4 is 80.7 Å². The number of anilines is 10. The molecule has 4 aromatic carbocycles. The van der Waals surface area contributed by atoms with Crippen LogP contribution in [0.5, 0.6) is 0 Å². The first-order valence-corrected chi connectivity index (χ1v) is 19.7. The van der Waals surface area contributed by atoms with E-state index in [2.05, 4.69) is 77.5 Å². The molecule has 19 nitrogen and oxygen atoms in total. The molecule has 20 heteroatoms. The Bertz CT molecular complexity index is 2470. The van der Waals surface area contributed by atoms with E-state index in [-0.39, 0.29) is 72.5 Å². The van der Waals surface area contributed by atoms with Gasteiger partial charge in [-0.15, -0.1) is 26.3 Å². The molecular weight excluding hydrogens is 805 g/mol. The normalized spacial score (nSPS) is 10.7.